The summed E-state index contributed by atoms with van der Waals surface area (Å²) in [6, 6.07) is 1.38. The number of unbranched alkanes of at least 4 members (excludes halogenated alkanes) is 1. The first-order valence-corrected chi connectivity index (χ1v) is 7.55. The lowest BCUT2D eigenvalue weighted by atomic mass is 10.4. The lowest BCUT2D eigenvalue weighted by molar-refractivity contribution is -0.147. The Bertz CT molecular complexity index is 471. The fourth-order valence-electron chi connectivity index (χ4n) is 1.28. The zero-order chi connectivity index (χ0) is 15.7. The van der Waals surface area contributed by atoms with Crippen molar-refractivity contribution in [3.63, 3.8) is 0 Å². The van der Waals surface area contributed by atoms with Gasteiger partial charge < -0.3 is 14.2 Å². The van der Waals surface area contributed by atoms with E-state index in [1.54, 1.807) is 0 Å². The van der Waals surface area contributed by atoms with Gasteiger partial charge in [-0.2, -0.15) is 0 Å². The monoisotopic (exact) mass is 355 g/mol. The quantitative estimate of drug-likeness (QED) is 0.383. The van der Waals surface area contributed by atoms with E-state index in [0.29, 0.717) is 13.2 Å². The Balaban J connectivity index is 2.27. The molecular formula is C13H16Cl3NO4. The molecular weight excluding hydrogens is 341 g/mol. The molecule has 1 aromatic heterocycles. The number of hydrogen-bond donors (Lipinski definition) is 0. The van der Waals surface area contributed by atoms with Gasteiger partial charge in [0.15, 0.2) is 6.61 Å². The molecule has 1 aromatic rings. The average Bonchev–Trinajstić information content (AvgIpc) is 2.45. The second kappa shape index (κ2) is 10.1. The number of esters is 1. The third-order valence-electron chi connectivity index (χ3n) is 2.31. The van der Waals surface area contributed by atoms with E-state index in [2.05, 4.69) is 11.9 Å². The minimum atomic E-state index is -0.553. The van der Waals surface area contributed by atoms with E-state index in [1.165, 1.54) is 6.07 Å². The van der Waals surface area contributed by atoms with Crippen LogP contribution >= 0.6 is 34.8 Å². The van der Waals surface area contributed by atoms with Gasteiger partial charge in [0.2, 0.25) is 5.88 Å². The summed E-state index contributed by atoms with van der Waals surface area (Å²) in [7, 11) is 0. The Kier molecular flexibility index (Phi) is 8.76. The van der Waals surface area contributed by atoms with Crippen LogP contribution in [-0.4, -0.2) is 37.4 Å². The first-order valence-electron chi connectivity index (χ1n) is 6.42. The fraction of sp³-hybridized carbons (Fsp3) is 0.538. The van der Waals surface area contributed by atoms with Crippen molar-refractivity contribution >= 4 is 40.8 Å². The molecule has 0 radical (unpaired) electrons. The summed E-state index contributed by atoms with van der Waals surface area (Å²) in [5.74, 6) is -0.562. The molecule has 21 heavy (non-hydrogen) atoms. The molecule has 8 heteroatoms. The Morgan fingerprint density at radius 3 is 2.71 bits per heavy atom. The van der Waals surface area contributed by atoms with E-state index in [1.807, 2.05) is 0 Å². The maximum Gasteiger partial charge on any atom is 0.344 e. The summed E-state index contributed by atoms with van der Waals surface area (Å²) in [5.41, 5.74) is 0. The third kappa shape index (κ3) is 7.18. The third-order valence-corrected chi connectivity index (χ3v) is 3.27. The molecule has 0 aliphatic rings. The molecule has 0 aliphatic carbocycles. The van der Waals surface area contributed by atoms with Crippen LogP contribution in [0.1, 0.15) is 19.8 Å². The van der Waals surface area contributed by atoms with Crippen LogP contribution in [0.5, 0.6) is 5.88 Å². The normalized spacial score (nSPS) is 10.5. The molecule has 0 unspecified atom stereocenters. The molecule has 0 N–H and O–H groups in total. The smallest absolute Gasteiger partial charge is 0.344 e. The number of carbonyl (C=O) groups is 1. The second-order valence-corrected chi connectivity index (χ2v) is 5.19. The maximum absolute atomic E-state index is 11.4. The van der Waals surface area contributed by atoms with Crippen molar-refractivity contribution in [1.82, 2.24) is 4.98 Å². The van der Waals surface area contributed by atoms with Gasteiger partial charge in [-0.3, -0.25) is 0 Å². The van der Waals surface area contributed by atoms with Gasteiger partial charge >= 0.3 is 5.97 Å². The molecule has 0 fully saturated rings. The summed E-state index contributed by atoms with van der Waals surface area (Å²) < 4.78 is 15.3. The predicted octanol–water partition coefficient (Wildman–Crippen LogP) is 3.78. The summed E-state index contributed by atoms with van der Waals surface area (Å²) >= 11 is 17.4. The molecule has 1 heterocycles. The van der Waals surface area contributed by atoms with Crippen molar-refractivity contribution in [3.05, 3.63) is 21.3 Å². The number of hydrogen-bond acceptors (Lipinski definition) is 5. The average molecular weight is 357 g/mol. The van der Waals surface area contributed by atoms with E-state index < -0.39 is 5.97 Å². The Morgan fingerprint density at radius 1 is 1.24 bits per heavy atom. The van der Waals surface area contributed by atoms with Gasteiger partial charge in [0.25, 0.3) is 0 Å². The lowest BCUT2D eigenvalue weighted by Gasteiger charge is -2.09. The first kappa shape index (κ1) is 18.3. The summed E-state index contributed by atoms with van der Waals surface area (Å²) in [6.07, 6.45) is 2.04. The van der Waals surface area contributed by atoms with Gasteiger partial charge in [-0.05, 0) is 12.5 Å². The Morgan fingerprint density at radius 2 is 2.00 bits per heavy atom. The van der Waals surface area contributed by atoms with E-state index in [9.17, 15) is 4.79 Å². The zero-order valence-corrected chi connectivity index (χ0v) is 13.8. The molecule has 5 nitrogen and oxygen atoms in total. The number of nitrogens with zero attached hydrogens (tertiary/aromatic N) is 1. The van der Waals surface area contributed by atoms with Crippen LogP contribution in [0.2, 0.25) is 15.2 Å². The second-order valence-electron chi connectivity index (χ2n) is 4.02. The Hall–Kier alpha value is -0.750. The molecule has 0 amide bonds. The van der Waals surface area contributed by atoms with Crippen LogP contribution in [0.25, 0.3) is 0 Å². The Labute approximate surface area is 138 Å². The predicted molar refractivity (Wildman–Crippen MR) is 81.4 cm³/mol. The highest BCUT2D eigenvalue weighted by molar-refractivity contribution is 6.43. The number of rotatable bonds is 9. The molecule has 0 bridgehead atoms. The van der Waals surface area contributed by atoms with Crippen LogP contribution in [0, 0.1) is 0 Å². The van der Waals surface area contributed by atoms with Gasteiger partial charge in [0.1, 0.15) is 16.8 Å². The van der Waals surface area contributed by atoms with E-state index >= 15 is 0 Å². The van der Waals surface area contributed by atoms with Crippen LogP contribution in [0.3, 0.4) is 0 Å². The van der Waals surface area contributed by atoms with Crippen LogP contribution < -0.4 is 4.74 Å². The molecule has 0 saturated heterocycles. The highest BCUT2D eigenvalue weighted by atomic mass is 35.5. The van der Waals surface area contributed by atoms with Gasteiger partial charge in [-0.15, -0.1) is 0 Å². The number of carbonyl (C=O) groups excluding carboxylic acids is 1. The first-order chi connectivity index (χ1) is 10.0. The molecule has 0 spiro atoms. The SMILES string of the molecule is CCCCOCCOC(=O)COc1nc(Cl)cc(Cl)c1Cl. The molecule has 118 valence electrons. The minimum absolute atomic E-state index is 0.00897. The summed E-state index contributed by atoms with van der Waals surface area (Å²) in [5, 5.41) is 0.415. The molecule has 0 saturated carbocycles. The topological polar surface area (TPSA) is 57.7 Å². The van der Waals surface area contributed by atoms with Crippen molar-refractivity contribution in [2.24, 2.45) is 0 Å². The number of pyridine rings is 1. The van der Waals surface area contributed by atoms with Crippen molar-refractivity contribution < 1.29 is 19.0 Å². The maximum atomic E-state index is 11.4. The van der Waals surface area contributed by atoms with Crippen molar-refractivity contribution in [3.8, 4) is 5.88 Å². The zero-order valence-electron chi connectivity index (χ0n) is 11.5. The molecule has 0 aromatic carbocycles. The van der Waals surface area contributed by atoms with Crippen LogP contribution in [-0.2, 0) is 14.3 Å². The number of aromatic nitrogens is 1. The number of halogens is 3. The molecule has 1 rings (SSSR count). The number of ether oxygens (including phenoxy) is 3. The molecule has 0 atom stereocenters. The van der Waals surface area contributed by atoms with Crippen LogP contribution in [0.4, 0.5) is 0 Å². The highest BCUT2D eigenvalue weighted by Crippen LogP contribution is 2.32. The van der Waals surface area contributed by atoms with Crippen molar-refractivity contribution in [1.29, 1.82) is 0 Å². The summed E-state index contributed by atoms with van der Waals surface area (Å²) in [6.45, 7) is 2.92. The fourth-order valence-corrected chi connectivity index (χ4v) is 1.85. The lowest BCUT2D eigenvalue weighted by Crippen LogP contribution is -2.18. The van der Waals surface area contributed by atoms with Gasteiger partial charge in [-0.25, -0.2) is 9.78 Å². The van der Waals surface area contributed by atoms with Crippen LogP contribution in [0.15, 0.2) is 6.07 Å². The largest absolute Gasteiger partial charge is 0.465 e. The summed E-state index contributed by atoms with van der Waals surface area (Å²) in [4.78, 5) is 15.3. The van der Waals surface area contributed by atoms with Gasteiger partial charge in [-0.1, -0.05) is 48.1 Å². The van der Waals surface area contributed by atoms with E-state index in [-0.39, 0.29) is 34.3 Å². The standard InChI is InChI=1S/C13H16Cl3NO4/c1-2-3-4-19-5-6-20-11(18)8-21-13-12(16)9(14)7-10(15)17-13/h7H,2-6,8H2,1H3. The van der Waals surface area contributed by atoms with Gasteiger partial charge in [0.05, 0.1) is 11.6 Å². The van der Waals surface area contributed by atoms with Crippen molar-refractivity contribution in [2.75, 3.05) is 26.4 Å². The van der Waals surface area contributed by atoms with E-state index in [0.717, 1.165) is 12.8 Å². The van der Waals surface area contributed by atoms with Gasteiger partial charge in [0, 0.05) is 6.61 Å². The van der Waals surface area contributed by atoms with Crippen molar-refractivity contribution in [2.45, 2.75) is 19.8 Å². The van der Waals surface area contributed by atoms with E-state index in [4.69, 9.17) is 49.0 Å². The highest BCUT2D eigenvalue weighted by Gasteiger charge is 2.12. The minimum Gasteiger partial charge on any atom is -0.465 e. The molecule has 0 aliphatic heterocycles.